The minimum atomic E-state index is -1.48. The van der Waals surface area contributed by atoms with Crippen molar-refractivity contribution in [2.24, 2.45) is 5.92 Å². The van der Waals surface area contributed by atoms with E-state index in [0.29, 0.717) is 17.6 Å². The Morgan fingerprint density at radius 3 is 2.62 bits per heavy atom. The fourth-order valence-corrected chi connectivity index (χ4v) is 3.88. The van der Waals surface area contributed by atoms with Gasteiger partial charge in [-0.05, 0) is 31.3 Å². The van der Waals surface area contributed by atoms with Gasteiger partial charge in [-0.3, -0.25) is 19.4 Å². The number of amides is 3. The largest absolute Gasteiger partial charge is 0.465 e. The number of halogens is 2. The molecule has 1 atom stereocenters. The Bertz CT molecular complexity index is 1500. The van der Waals surface area contributed by atoms with Gasteiger partial charge in [0.1, 0.15) is 28.9 Å². The number of allylic oxidation sites excluding steroid dienone is 1. The van der Waals surface area contributed by atoms with E-state index in [1.54, 1.807) is 14.1 Å². The lowest BCUT2D eigenvalue weighted by atomic mass is 10.1. The van der Waals surface area contributed by atoms with Crippen LogP contribution in [0.25, 0.3) is 11.0 Å². The summed E-state index contributed by atoms with van der Waals surface area (Å²) in [4.78, 5) is 61.4. The monoisotopic (exact) mass is 559 g/mol. The third-order valence-electron chi connectivity index (χ3n) is 5.77. The first-order valence-corrected chi connectivity index (χ1v) is 12.5. The predicted octanol–water partition coefficient (Wildman–Crippen LogP) is 2.64. The number of aromatic amines is 1. The third kappa shape index (κ3) is 7.71. The van der Waals surface area contributed by atoms with Gasteiger partial charge < -0.3 is 30.2 Å². The van der Waals surface area contributed by atoms with Gasteiger partial charge in [0.25, 0.3) is 5.56 Å². The molecule has 3 amide bonds. The summed E-state index contributed by atoms with van der Waals surface area (Å²) in [5, 5.41) is 13.5. The van der Waals surface area contributed by atoms with Gasteiger partial charge in [0, 0.05) is 26.4 Å². The van der Waals surface area contributed by atoms with Crippen LogP contribution >= 0.6 is 0 Å². The number of anilines is 1. The summed E-state index contributed by atoms with van der Waals surface area (Å²) >= 11 is 0. The lowest BCUT2D eigenvalue weighted by Crippen LogP contribution is -2.44. The minimum absolute atomic E-state index is 0.0316. The molecule has 0 fully saturated rings. The third-order valence-corrected chi connectivity index (χ3v) is 5.77. The van der Waals surface area contributed by atoms with Crippen LogP contribution in [0.4, 0.5) is 19.3 Å². The Morgan fingerprint density at radius 1 is 1.25 bits per heavy atom. The Balaban J connectivity index is 1.82. The molecule has 0 aromatic carbocycles. The molecular weight excluding hydrogens is 528 g/mol. The van der Waals surface area contributed by atoms with Crippen LogP contribution in [-0.4, -0.2) is 67.6 Å². The molecule has 3 rings (SSSR count). The Morgan fingerprint density at radius 2 is 1.98 bits per heavy atom. The van der Waals surface area contributed by atoms with Crippen LogP contribution in [0, 0.1) is 17.6 Å². The molecule has 0 bridgehead atoms. The standard InChI is InChI=1S/C26H31F2N7O5/c1-14(2)9-18-23-22(16(28)11-29-18)32-20(33-23)13-35-12-15(27)10-19(25(35)38)30-24(37)17(31-26(39)40)7-5-6-8-21(36)34(3)4/h6,8,10-12,14,17,31H,5,7,9,13H2,1-4H3,(H,30,37)(H,32,33)(H,39,40)/b8-6+/t17-/m0/s1. The lowest BCUT2D eigenvalue weighted by molar-refractivity contribution is -0.123. The van der Waals surface area contributed by atoms with Crippen molar-refractivity contribution >= 4 is 34.6 Å². The first-order chi connectivity index (χ1) is 18.8. The average Bonchev–Trinajstić information content (AvgIpc) is 3.29. The first kappa shape index (κ1) is 29.9. The first-order valence-electron chi connectivity index (χ1n) is 12.5. The molecule has 0 unspecified atom stereocenters. The smallest absolute Gasteiger partial charge is 0.405 e. The molecule has 0 aliphatic rings. The van der Waals surface area contributed by atoms with Crippen LogP contribution in [0.3, 0.4) is 0 Å². The van der Waals surface area contributed by atoms with Crippen molar-refractivity contribution in [2.75, 3.05) is 19.4 Å². The zero-order chi connectivity index (χ0) is 29.6. The van der Waals surface area contributed by atoms with Crippen LogP contribution < -0.4 is 16.2 Å². The fraction of sp³-hybridized carbons (Fsp3) is 0.385. The van der Waals surface area contributed by atoms with E-state index in [2.05, 4.69) is 25.6 Å². The summed E-state index contributed by atoms with van der Waals surface area (Å²) < 4.78 is 29.8. The molecule has 40 heavy (non-hydrogen) atoms. The molecule has 3 aromatic rings. The van der Waals surface area contributed by atoms with E-state index in [-0.39, 0.29) is 42.6 Å². The summed E-state index contributed by atoms with van der Waals surface area (Å²) in [6.45, 7) is 3.70. The number of carbonyl (C=O) groups is 3. The number of pyridine rings is 2. The Kier molecular flexibility index (Phi) is 9.69. The number of nitrogens with zero attached hydrogens (tertiary/aromatic N) is 4. The quantitative estimate of drug-likeness (QED) is 0.263. The summed E-state index contributed by atoms with van der Waals surface area (Å²) in [7, 11) is 3.13. The van der Waals surface area contributed by atoms with E-state index >= 15 is 0 Å². The van der Waals surface area contributed by atoms with Crippen LogP contribution in [0.2, 0.25) is 0 Å². The highest BCUT2D eigenvalue weighted by Crippen LogP contribution is 2.21. The number of aromatic nitrogens is 4. The van der Waals surface area contributed by atoms with Gasteiger partial charge in [-0.25, -0.2) is 18.6 Å². The molecule has 14 heteroatoms. The highest BCUT2D eigenvalue weighted by atomic mass is 19.1. The molecular formula is C26H31F2N7O5. The van der Waals surface area contributed by atoms with Crippen molar-refractivity contribution in [3.63, 3.8) is 0 Å². The van der Waals surface area contributed by atoms with Crippen molar-refractivity contribution < 1.29 is 28.3 Å². The number of rotatable bonds is 11. The number of nitrogens with one attached hydrogen (secondary N) is 3. The molecule has 3 heterocycles. The number of H-pyrrole nitrogens is 1. The second kappa shape index (κ2) is 13.0. The van der Waals surface area contributed by atoms with Gasteiger partial charge in [-0.15, -0.1) is 0 Å². The molecule has 12 nitrogen and oxygen atoms in total. The molecule has 214 valence electrons. The number of likely N-dealkylation sites (N-methyl/N-ethyl adjacent to an activating group) is 1. The van der Waals surface area contributed by atoms with Gasteiger partial charge in [0.05, 0.1) is 24.0 Å². The van der Waals surface area contributed by atoms with Crippen molar-refractivity contribution in [1.29, 1.82) is 0 Å². The van der Waals surface area contributed by atoms with E-state index < -0.39 is 40.9 Å². The second-order valence-corrected chi connectivity index (χ2v) is 9.77. The van der Waals surface area contributed by atoms with Crippen molar-refractivity contribution in [1.82, 2.24) is 29.7 Å². The van der Waals surface area contributed by atoms with E-state index in [1.165, 1.54) is 17.1 Å². The van der Waals surface area contributed by atoms with E-state index in [4.69, 9.17) is 5.11 Å². The summed E-state index contributed by atoms with van der Waals surface area (Å²) in [6, 6.07) is -0.481. The van der Waals surface area contributed by atoms with Crippen LogP contribution in [0.1, 0.15) is 38.2 Å². The van der Waals surface area contributed by atoms with E-state index in [9.17, 15) is 28.0 Å². The number of imidazole rings is 1. The zero-order valence-corrected chi connectivity index (χ0v) is 22.5. The maximum atomic E-state index is 14.5. The van der Waals surface area contributed by atoms with E-state index in [0.717, 1.165) is 23.0 Å². The second-order valence-electron chi connectivity index (χ2n) is 9.77. The predicted molar refractivity (Wildman–Crippen MR) is 143 cm³/mol. The SMILES string of the molecule is CC(C)Cc1ncc(F)c2nc(Cn3cc(F)cc(NC(=O)[C@H](CC/C=C/C(=O)N(C)C)NC(=O)O)c3=O)[nH]c12. The van der Waals surface area contributed by atoms with E-state index in [1.807, 2.05) is 13.8 Å². The van der Waals surface area contributed by atoms with Gasteiger partial charge in [-0.1, -0.05) is 19.9 Å². The number of fused-ring (bicyclic) bond motifs is 1. The van der Waals surface area contributed by atoms with Gasteiger partial charge in [-0.2, -0.15) is 0 Å². The molecule has 4 N–H and O–H groups in total. The van der Waals surface area contributed by atoms with Crippen molar-refractivity contribution in [3.8, 4) is 0 Å². The lowest BCUT2D eigenvalue weighted by Gasteiger charge is -2.16. The maximum absolute atomic E-state index is 14.5. The number of hydrogen-bond donors (Lipinski definition) is 4. The highest BCUT2D eigenvalue weighted by Gasteiger charge is 2.22. The molecule has 0 saturated carbocycles. The maximum Gasteiger partial charge on any atom is 0.405 e. The van der Waals surface area contributed by atoms with Crippen LogP contribution in [0.15, 0.2) is 35.4 Å². The van der Waals surface area contributed by atoms with Crippen molar-refractivity contribution in [2.45, 2.75) is 45.7 Å². The zero-order valence-electron chi connectivity index (χ0n) is 22.5. The van der Waals surface area contributed by atoms with Gasteiger partial charge in [0.2, 0.25) is 11.8 Å². The molecule has 0 saturated heterocycles. The summed E-state index contributed by atoms with van der Waals surface area (Å²) in [6.07, 6.45) is 3.97. The average molecular weight is 560 g/mol. The Labute approximate surface area is 228 Å². The molecule has 0 aliphatic heterocycles. The van der Waals surface area contributed by atoms with Crippen molar-refractivity contribution in [3.05, 3.63) is 64.1 Å². The number of hydrogen-bond acceptors (Lipinski definition) is 6. The Hall–Kier alpha value is -4.62. The molecule has 3 aromatic heterocycles. The molecule has 0 radical (unpaired) electrons. The number of carbonyl (C=O) groups excluding carboxylic acids is 2. The van der Waals surface area contributed by atoms with Gasteiger partial charge >= 0.3 is 6.09 Å². The van der Waals surface area contributed by atoms with Crippen LogP contribution in [-0.2, 0) is 22.6 Å². The molecule has 0 aliphatic carbocycles. The van der Waals surface area contributed by atoms with Crippen LogP contribution in [0.5, 0.6) is 0 Å². The van der Waals surface area contributed by atoms with Gasteiger partial charge in [0.15, 0.2) is 5.82 Å². The topological polar surface area (TPSA) is 162 Å². The number of carboxylic acid groups (broad SMARTS) is 1. The summed E-state index contributed by atoms with van der Waals surface area (Å²) in [5.74, 6) is -2.27. The molecule has 0 spiro atoms. The minimum Gasteiger partial charge on any atom is -0.465 e. The highest BCUT2D eigenvalue weighted by molar-refractivity contribution is 5.96. The fourth-order valence-electron chi connectivity index (χ4n) is 3.88. The summed E-state index contributed by atoms with van der Waals surface area (Å²) in [5.41, 5.74) is -0.192. The normalized spacial score (nSPS) is 12.2.